The van der Waals surface area contributed by atoms with Crippen LogP contribution in [0.15, 0.2) is 41.8 Å². The first-order valence-electron chi connectivity index (χ1n) is 8.92. The van der Waals surface area contributed by atoms with Crippen LogP contribution in [0.3, 0.4) is 0 Å². The number of nitrogens with zero attached hydrogens (tertiary/aromatic N) is 1. The Morgan fingerprint density at radius 2 is 1.83 bits per heavy atom. The molecule has 1 aliphatic carbocycles. The molecule has 0 amide bonds. The molecule has 1 saturated heterocycles. The smallest absolute Gasteiger partial charge is 0.200 e. The van der Waals surface area contributed by atoms with Crippen LogP contribution in [0.5, 0.6) is 0 Å². The summed E-state index contributed by atoms with van der Waals surface area (Å²) < 4.78 is 5.85. The van der Waals surface area contributed by atoms with E-state index in [9.17, 15) is 5.26 Å². The van der Waals surface area contributed by atoms with Gasteiger partial charge in [-0.1, -0.05) is 49.6 Å². The van der Waals surface area contributed by atoms with Gasteiger partial charge in [0.05, 0.1) is 11.6 Å². The van der Waals surface area contributed by atoms with E-state index in [0.29, 0.717) is 17.4 Å². The lowest BCUT2D eigenvalue weighted by Gasteiger charge is -2.41. The molecule has 5 nitrogen and oxygen atoms in total. The number of allylic oxidation sites excluding steroid dienone is 1. The number of nitrogens with one attached hydrogen (secondary N) is 2. The van der Waals surface area contributed by atoms with Crippen molar-refractivity contribution < 1.29 is 4.74 Å². The highest BCUT2D eigenvalue weighted by atomic mass is 16.5. The van der Waals surface area contributed by atoms with E-state index < -0.39 is 0 Å². The zero-order valence-corrected chi connectivity index (χ0v) is 13.7. The molecule has 126 valence electrons. The number of hydrogen-bond donors (Lipinski definition) is 3. The average molecular weight is 324 g/mol. The fourth-order valence-corrected chi connectivity index (χ4v) is 4.74. The normalized spacial score (nSPS) is 33.6. The number of rotatable bonds is 2. The maximum absolute atomic E-state index is 9.73. The molecule has 4 unspecified atom stereocenters. The van der Waals surface area contributed by atoms with Crippen LogP contribution in [0, 0.1) is 29.1 Å². The Labute approximate surface area is 142 Å². The van der Waals surface area contributed by atoms with Gasteiger partial charge in [-0.3, -0.25) is 0 Å². The van der Waals surface area contributed by atoms with Crippen molar-refractivity contribution in [3.63, 3.8) is 0 Å². The number of benzene rings is 1. The first-order valence-corrected chi connectivity index (χ1v) is 8.92. The summed E-state index contributed by atoms with van der Waals surface area (Å²) in [5, 5.41) is 9.73. The van der Waals surface area contributed by atoms with Crippen LogP contribution >= 0.6 is 0 Å². The van der Waals surface area contributed by atoms with Gasteiger partial charge in [-0.05, 0) is 24.3 Å². The summed E-state index contributed by atoms with van der Waals surface area (Å²) in [6, 6.07) is 12.9. The second kappa shape index (κ2) is 6.46. The monoisotopic (exact) mass is 324 g/mol. The van der Waals surface area contributed by atoms with Crippen molar-refractivity contribution in [2.45, 2.75) is 44.4 Å². The van der Waals surface area contributed by atoms with Crippen molar-refractivity contribution >= 4 is 0 Å². The Balaban J connectivity index is 1.73. The van der Waals surface area contributed by atoms with Gasteiger partial charge in [0, 0.05) is 11.8 Å². The molecule has 2 aliphatic heterocycles. The number of hydrazine groups is 1. The lowest BCUT2D eigenvalue weighted by Crippen LogP contribution is -2.44. The van der Waals surface area contributed by atoms with Gasteiger partial charge >= 0.3 is 0 Å². The minimum absolute atomic E-state index is 0.125. The number of fused-ring (bicyclic) bond motifs is 1. The minimum atomic E-state index is -0.181. The van der Waals surface area contributed by atoms with Crippen LogP contribution in [-0.4, -0.2) is 6.23 Å². The van der Waals surface area contributed by atoms with Crippen molar-refractivity contribution in [2.24, 2.45) is 23.5 Å². The average Bonchev–Trinajstić information content (AvgIpc) is 3.05. The molecule has 1 aromatic rings. The molecule has 0 aromatic heterocycles. The van der Waals surface area contributed by atoms with E-state index in [4.69, 9.17) is 10.5 Å². The summed E-state index contributed by atoms with van der Waals surface area (Å²) in [6.07, 6.45) is 5.96. The number of hydrogen-bond acceptors (Lipinski definition) is 5. The zero-order valence-electron chi connectivity index (χ0n) is 13.7. The molecule has 24 heavy (non-hydrogen) atoms. The van der Waals surface area contributed by atoms with E-state index in [1.165, 1.54) is 37.7 Å². The van der Waals surface area contributed by atoms with Crippen LogP contribution in [0.2, 0.25) is 0 Å². The molecule has 1 saturated carbocycles. The second-order valence-corrected chi connectivity index (χ2v) is 7.11. The Morgan fingerprint density at radius 3 is 2.54 bits per heavy atom. The maximum Gasteiger partial charge on any atom is 0.200 e. The van der Waals surface area contributed by atoms with Crippen molar-refractivity contribution in [3.05, 3.63) is 47.4 Å². The lowest BCUT2D eigenvalue weighted by molar-refractivity contribution is 0.00124. The SMILES string of the molecule is N#CC1=C(N)OC2NNC(c3ccccc3)C2C1C1CCCCC1. The minimum Gasteiger partial charge on any atom is -0.458 e. The third-order valence-corrected chi connectivity index (χ3v) is 5.82. The van der Waals surface area contributed by atoms with E-state index in [2.05, 4.69) is 41.2 Å². The van der Waals surface area contributed by atoms with Gasteiger partial charge in [0.25, 0.3) is 0 Å². The fourth-order valence-electron chi connectivity index (χ4n) is 4.74. The van der Waals surface area contributed by atoms with Crippen LogP contribution in [-0.2, 0) is 4.74 Å². The predicted octanol–water partition coefficient (Wildman–Crippen LogP) is 2.70. The van der Waals surface area contributed by atoms with Crippen LogP contribution in [0.25, 0.3) is 0 Å². The molecule has 1 aromatic carbocycles. The predicted molar refractivity (Wildman–Crippen MR) is 90.7 cm³/mol. The topological polar surface area (TPSA) is 83.1 Å². The van der Waals surface area contributed by atoms with E-state index >= 15 is 0 Å². The first-order chi connectivity index (χ1) is 11.8. The number of ether oxygens (including phenoxy) is 1. The Hall–Kier alpha value is -2.03. The summed E-state index contributed by atoms with van der Waals surface area (Å²) in [5.41, 5.74) is 14.6. The molecule has 5 heteroatoms. The summed E-state index contributed by atoms with van der Waals surface area (Å²) in [4.78, 5) is 0. The maximum atomic E-state index is 9.73. The molecule has 3 aliphatic rings. The molecular formula is C19H24N4O. The van der Waals surface area contributed by atoms with Crippen LogP contribution < -0.4 is 16.6 Å². The largest absolute Gasteiger partial charge is 0.458 e. The van der Waals surface area contributed by atoms with E-state index in [-0.39, 0.29) is 24.1 Å². The van der Waals surface area contributed by atoms with Crippen molar-refractivity contribution in [1.29, 1.82) is 5.26 Å². The molecule has 4 rings (SSSR count). The molecular weight excluding hydrogens is 300 g/mol. The van der Waals surface area contributed by atoms with E-state index in [0.717, 1.165) is 0 Å². The summed E-state index contributed by atoms with van der Waals surface area (Å²) >= 11 is 0. The van der Waals surface area contributed by atoms with Crippen LogP contribution in [0.4, 0.5) is 0 Å². The van der Waals surface area contributed by atoms with Gasteiger partial charge in [0.15, 0.2) is 12.1 Å². The Bertz CT molecular complexity index is 660. The highest BCUT2D eigenvalue weighted by Crippen LogP contribution is 2.48. The number of nitrogens with two attached hydrogens (primary N) is 1. The molecule has 4 atom stereocenters. The van der Waals surface area contributed by atoms with Gasteiger partial charge in [0.2, 0.25) is 0 Å². The van der Waals surface area contributed by atoms with Gasteiger partial charge in [-0.2, -0.15) is 5.26 Å². The third-order valence-electron chi connectivity index (χ3n) is 5.82. The van der Waals surface area contributed by atoms with Crippen molar-refractivity contribution in [2.75, 3.05) is 0 Å². The van der Waals surface area contributed by atoms with Gasteiger partial charge in [-0.25, -0.2) is 10.9 Å². The molecule has 4 N–H and O–H groups in total. The summed E-state index contributed by atoms with van der Waals surface area (Å²) in [5.74, 6) is 1.15. The van der Waals surface area contributed by atoms with Gasteiger partial charge in [0.1, 0.15) is 6.07 Å². The molecule has 0 spiro atoms. The van der Waals surface area contributed by atoms with Crippen molar-refractivity contribution in [1.82, 2.24) is 10.9 Å². The molecule has 2 heterocycles. The molecule has 2 fully saturated rings. The first kappa shape index (κ1) is 15.5. The van der Waals surface area contributed by atoms with E-state index in [1.807, 2.05) is 6.07 Å². The molecule has 0 radical (unpaired) electrons. The highest BCUT2D eigenvalue weighted by molar-refractivity contribution is 5.33. The lowest BCUT2D eigenvalue weighted by atomic mass is 9.67. The zero-order chi connectivity index (χ0) is 16.5. The highest BCUT2D eigenvalue weighted by Gasteiger charge is 2.50. The standard InChI is InChI=1S/C19H24N4O/c20-11-14-15(12-7-3-1-4-8-12)16-17(13-9-5-2-6-10-13)22-23-19(16)24-18(14)21/h2,5-6,9-10,12,15-17,19,22-23H,1,3-4,7-8,21H2. The van der Waals surface area contributed by atoms with E-state index in [1.54, 1.807) is 0 Å². The fraction of sp³-hybridized carbons (Fsp3) is 0.526. The summed E-state index contributed by atoms with van der Waals surface area (Å²) in [6.45, 7) is 0. The summed E-state index contributed by atoms with van der Waals surface area (Å²) in [7, 11) is 0. The Kier molecular flexibility index (Phi) is 4.17. The van der Waals surface area contributed by atoms with Gasteiger partial charge in [-0.15, -0.1) is 0 Å². The second-order valence-electron chi connectivity index (χ2n) is 7.11. The quantitative estimate of drug-likeness (QED) is 0.779. The number of nitriles is 1. The third kappa shape index (κ3) is 2.56. The van der Waals surface area contributed by atoms with Crippen LogP contribution in [0.1, 0.15) is 43.7 Å². The van der Waals surface area contributed by atoms with Gasteiger partial charge < -0.3 is 10.5 Å². The van der Waals surface area contributed by atoms with Crippen molar-refractivity contribution in [3.8, 4) is 6.07 Å². The Morgan fingerprint density at radius 1 is 1.08 bits per heavy atom. The molecule has 0 bridgehead atoms.